The first kappa shape index (κ1) is 19.1. The first-order chi connectivity index (χ1) is 13.0. The Kier molecular flexibility index (Phi) is 4.19. The third-order valence-electron chi connectivity index (χ3n) is 5.94. The molecule has 2 fully saturated rings. The smallest absolute Gasteiger partial charge is 0.352 e. The number of hydrogen-bond acceptors (Lipinski definition) is 4. The van der Waals surface area contributed by atoms with E-state index in [1.165, 1.54) is 0 Å². The van der Waals surface area contributed by atoms with Crippen LogP contribution in [0.5, 0.6) is 5.75 Å². The van der Waals surface area contributed by atoms with Gasteiger partial charge in [-0.3, -0.25) is 9.59 Å². The second kappa shape index (κ2) is 6.14. The lowest BCUT2D eigenvalue weighted by Crippen LogP contribution is -2.59. The molecule has 0 spiro atoms. The Balaban J connectivity index is 1.47. The number of hydrogen-bond donors (Lipinski definition) is 1. The Morgan fingerprint density at radius 2 is 1.82 bits per heavy atom. The van der Waals surface area contributed by atoms with E-state index in [1.54, 1.807) is 17.0 Å². The number of carbonyl (C=O) groups is 2. The molecule has 2 bridgehead atoms. The van der Waals surface area contributed by atoms with Crippen molar-refractivity contribution >= 4 is 11.8 Å². The van der Waals surface area contributed by atoms with Crippen molar-refractivity contribution < 1.29 is 28.2 Å². The topological polar surface area (TPSA) is 70.1 Å². The number of carbonyl (C=O) groups excluding carboxylic acids is 2. The maximum atomic E-state index is 14.2. The second-order valence-electron chi connectivity index (χ2n) is 8.55. The van der Waals surface area contributed by atoms with E-state index in [1.807, 2.05) is 13.0 Å². The zero-order valence-electron chi connectivity index (χ0n) is 16.1. The van der Waals surface area contributed by atoms with Gasteiger partial charge < -0.3 is 19.6 Å². The minimum absolute atomic E-state index is 0.0615. The fourth-order valence-electron chi connectivity index (χ4n) is 4.33. The number of amides is 2. The van der Waals surface area contributed by atoms with E-state index in [4.69, 9.17) is 4.74 Å². The predicted octanol–water partition coefficient (Wildman–Crippen LogP) is 1.84. The Morgan fingerprint density at radius 1 is 1.18 bits per heavy atom. The minimum atomic E-state index is -3.87. The predicted molar refractivity (Wildman–Crippen MR) is 96.4 cm³/mol. The third kappa shape index (κ3) is 2.85. The van der Waals surface area contributed by atoms with Crippen LogP contribution in [0.25, 0.3) is 0 Å². The lowest BCUT2D eigenvalue weighted by atomic mass is 9.99. The van der Waals surface area contributed by atoms with Crippen LogP contribution < -0.4 is 4.74 Å². The minimum Gasteiger partial charge on any atom is -0.490 e. The number of likely N-dealkylation sites (tertiary alicyclic amines) is 2. The third-order valence-corrected chi connectivity index (χ3v) is 5.94. The van der Waals surface area contributed by atoms with Crippen molar-refractivity contribution in [3.63, 3.8) is 0 Å². The van der Waals surface area contributed by atoms with Gasteiger partial charge in [-0.1, -0.05) is 0 Å². The van der Waals surface area contributed by atoms with Crippen molar-refractivity contribution in [1.29, 1.82) is 0 Å². The summed E-state index contributed by atoms with van der Waals surface area (Å²) in [5.74, 6) is -4.61. The molecule has 0 aromatic heterocycles. The van der Waals surface area contributed by atoms with Crippen molar-refractivity contribution in [2.24, 2.45) is 0 Å². The van der Waals surface area contributed by atoms with Gasteiger partial charge in [0.1, 0.15) is 17.5 Å². The molecule has 0 aliphatic carbocycles. The fourth-order valence-corrected chi connectivity index (χ4v) is 4.33. The summed E-state index contributed by atoms with van der Waals surface area (Å²) in [5, 5.41) is 9.66. The van der Waals surface area contributed by atoms with Crippen molar-refractivity contribution in [1.82, 2.24) is 9.80 Å². The second-order valence-corrected chi connectivity index (χ2v) is 8.55. The summed E-state index contributed by atoms with van der Waals surface area (Å²) in [5.41, 5.74) is -0.904. The molecular formula is C20H24F2N2O4. The molecule has 2 amide bonds. The van der Waals surface area contributed by atoms with Gasteiger partial charge in [0.2, 0.25) is 0 Å². The summed E-state index contributed by atoms with van der Waals surface area (Å²) in [6.07, 6.45) is 1.31. The number of fused-ring (bicyclic) bond motifs is 3. The molecule has 1 unspecified atom stereocenters. The monoisotopic (exact) mass is 394 g/mol. The maximum Gasteiger partial charge on any atom is 0.352 e. The molecule has 1 aromatic rings. The van der Waals surface area contributed by atoms with Gasteiger partial charge in [-0.15, -0.1) is 0 Å². The van der Waals surface area contributed by atoms with E-state index < -0.39 is 23.5 Å². The molecule has 4 rings (SSSR count). The summed E-state index contributed by atoms with van der Waals surface area (Å²) in [7, 11) is 0. The summed E-state index contributed by atoms with van der Waals surface area (Å²) < 4.78 is 34.1. The zero-order chi connectivity index (χ0) is 20.4. The molecule has 152 valence electrons. The van der Waals surface area contributed by atoms with Gasteiger partial charge in [-0.25, -0.2) is 0 Å². The van der Waals surface area contributed by atoms with Crippen molar-refractivity contribution in [3.05, 3.63) is 29.3 Å². The Hall–Kier alpha value is -2.22. The van der Waals surface area contributed by atoms with Crippen LogP contribution in [-0.2, 0) is 11.2 Å². The largest absolute Gasteiger partial charge is 0.490 e. The standard InChI is InChI=1S/C20H24F2N2O4/c1-11-6-13-7-12(4-5-16(13)28-11)17(25)23-9-15-8-14(23)10-24(15)18(26)20(21,22)19(2,3)27/h4-5,7,11,14-15,27H,6,8-10H2,1-3H3/t11?,14-,15-/m0/s1. The van der Waals surface area contributed by atoms with E-state index >= 15 is 0 Å². The first-order valence-corrected chi connectivity index (χ1v) is 9.51. The maximum absolute atomic E-state index is 14.2. The molecule has 1 aromatic carbocycles. The normalized spacial score (nSPS) is 26.4. The Bertz CT molecular complexity index is 836. The van der Waals surface area contributed by atoms with Gasteiger partial charge in [0.15, 0.2) is 0 Å². The fraction of sp³-hybridized carbons (Fsp3) is 0.600. The van der Waals surface area contributed by atoms with Gasteiger partial charge in [-0.2, -0.15) is 8.78 Å². The van der Waals surface area contributed by atoms with Crippen LogP contribution in [0.1, 0.15) is 43.1 Å². The highest BCUT2D eigenvalue weighted by molar-refractivity contribution is 5.95. The number of aliphatic hydroxyl groups is 1. The van der Waals surface area contributed by atoms with Crippen molar-refractivity contribution in [2.75, 3.05) is 13.1 Å². The highest BCUT2D eigenvalue weighted by atomic mass is 19.3. The molecule has 3 aliphatic heterocycles. The van der Waals surface area contributed by atoms with Crippen molar-refractivity contribution in [2.45, 2.75) is 63.3 Å². The van der Waals surface area contributed by atoms with Crippen LogP contribution in [-0.4, -0.2) is 69.5 Å². The average Bonchev–Trinajstić information content (AvgIpc) is 3.30. The summed E-state index contributed by atoms with van der Waals surface area (Å²) in [4.78, 5) is 28.0. The molecule has 28 heavy (non-hydrogen) atoms. The number of rotatable bonds is 3. The summed E-state index contributed by atoms with van der Waals surface area (Å²) in [6, 6.07) is 4.60. The molecule has 8 heteroatoms. The SMILES string of the molecule is CC1Cc2cc(C(=O)N3C[C@@H]4C[C@H]3CN4C(=O)C(F)(F)C(C)(C)O)ccc2O1. The van der Waals surface area contributed by atoms with Crippen LogP contribution in [0, 0.1) is 0 Å². The lowest BCUT2D eigenvalue weighted by Gasteiger charge is -2.38. The number of halogens is 2. The van der Waals surface area contributed by atoms with Crippen LogP contribution in [0.4, 0.5) is 8.78 Å². The molecule has 1 N–H and O–H groups in total. The molecule has 3 atom stereocenters. The molecule has 6 nitrogen and oxygen atoms in total. The van der Waals surface area contributed by atoms with E-state index in [2.05, 4.69) is 0 Å². The average molecular weight is 394 g/mol. The van der Waals surface area contributed by atoms with Gasteiger partial charge in [0.05, 0.1) is 12.1 Å². The zero-order valence-corrected chi connectivity index (χ0v) is 16.1. The van der Waals surface area contributed by atoms with E-state index in [9.17, 15) is 23.5 Å². The van der Waals surface area contributed by atoms with E-state index in [0.717, 1.165) is 36.5 Å². The molecular weight excluding hydrogens is 370 g/mol. The molecule has 3 heterocycles. The first-order valence-electron chi connectivity index (χ1n) is 9.51. The molecule has 0 saturated carbocycles. The number of nitrogens with zero attached hydrogens (tertiary/aromatic N) is 2. The van der Waals surface area contributed by atoms with Crippen LogP contribution >= 0.6 is 0 Å². The quantitative estimate of drug-likeness (QED) is 0.850. The molecule has 3 aliphatic rings. The van der Waals surface area contributed by atoms with Crippen molar-refractivity contribution in [3.8, 4) is 5.75 Å². The Morgan fingerprint density at radius 3 is 2.43 bits per heavy atom. The summed E-state index contributed by atoms with van der Waals surface area (Å²) in [6.45, 7) is 4.10. The van der Waals surface area contributed by atoms with E-state index in [0.29, 0.717) is 12.0 Å². The van der Waals surface area contributed by atoms with Gasteiger partial charge in [-0.05, 0) is 51.0 Å². The van der Waals surface area contributed by atoms with Crippen LogP contribution in [0.2, 0.25) is 0 Å². The van der Waals surface area contributed by atoms with Crippen LogP contribution in [0.3, 0.4) is 0 Å². The lowest BCUT2D eigenvalue weighted by molar-refractivity contribution is -0.194. The van der Waals surface area contributed by atoms with Gasteiger partial charge >= 0.3 is 5.92 Å². The number of benzene rings is 1. The van der Waals surface area contributed by atoms with Crippen LogP contribution in [0.15, 0.2) is 18.2 Å². The highest BCUT2D eigenvalue weighted by Gasteiger charge is 2.58. The van der Waals surface area contributed by atoms with Gasteiger partial charge in [0, 0.05) is 25.1 Å². The number of alkyl halides is 2. The number of ether oxygens (including phenoxy) is 1. The molecule has 2 saturated heterocycles. The molecule has 0 radical (unpaired) electrons. The van der Waals surface area contributed by atoms with E-state index in [-0.39, 0.29) is 31.1 Å². The Labute approximate surface area is 162 Å². The highest BCUT2D eigenvalue weighted by Crippen LogP contribution is 2.38. The van der Waals surface area contributed by atoms with Gasteiger partial charge in [0.25, 0.3) is 11.8 Å². The summed E-state index contributed by atoms with van der Waals surface area (Å²) >= 11 is 0. The number of piperazine rings is 1.